The van der Waals surface area contributed by atoms with Crippen LogP contribution in [0.15, 0.2) is 36.4 Å². The predicted octanol–water partition coefficient (Wildman–Crippen LogP) is 4.22. The van der Waals surface area contributed by atoms with Crippen LogP contribution in [0.2, 0.25) is 0 Å². The number of piperidine rings is 1. The average molecular weight is 334 g/mol. The lowest BCUT2D eigenvalue weighted by Crippen LogP contribution is -2.27. The number of rotatable bonds is 2. The van der Waals surface area contributed by atoms with E-state index < -0.39 is 0 Å². The van der Waals surface area contributed by atoms with E-state index in [1.54, 1.807) is 6.07 Å². The minimum Gasteiger partial charge on any atom is -0.317 e. The first-order valence-electron chi connectivity index (χ1n) is 9.12. The van der Waals surface area contributed by atoms with Gasteiger partial charge in [0.1, 0.15) is 5.82 Å². The minimum atomic E-state index is -0.252. The van der Waals surface area contributed by atoms with E-state index in [2.05, 4.69) is 30.4 Å². The molecule has 1 aliphatic heterocycles. The lowest BCUT2D eigenvalue weighted by atomic mass is 9.78. The molecule has 0 aromatic heterocycles. The first-order chi connectivity index (χ1) is 12.1. The van der Waals surface area contributed by atoms with Gasteiger partial charge in [0.2, 0.25) is 0 Å². The van der Waals surface area contributed by atoms with Crippen LogP contribution in [0.25, 0.3) is 0 Å². The third kappa shape index (κ3) is 2.85. The summed E-state index contributed by atoms with van der Waals surface area (Å²) in [6.07, 6.45) is 4.10. The van der Waals surface area contributed by atoms with E-state index in [0.717, 1.165) is 31.5 Å². The summed E-state index contributed by atoms with van der Waals surface area (Å²) in [6, 6.07) is 13.6. The molecule has 0 amide bonds. The molecule has 2 aliphatic rings. The number of benzene rings is 2. The Kier molecular flexibility index (Phi) is 4.09. The maximum atomic E-state index is 14.7. The fourth-order valence-electron chi connectivity index (χ4n) is 4.69. The van der Waals surface area contributed by atoms with Crippen molar-refractivity contribution < 1.29 is 4.39 Å². The Morgan fingerprint density at radius 1 is 1.16 bits per heavy atom. The highest BCUT2D eigenvalue weighted by Crippen LogP contribution is 2.44. The monoisotopic (exact) mass is 334 g/mol. The van der Waals surface area contributed by atoms with Crippen molar-refractivity contribution in [1.29, 1.82) is 5.26 Å². The average Bonchev–Trinajstić information content (AvgIpc) is 2.99. The Labute approximate surface area is 148 Å². The van der Waals surface area contributed by atoms with Crippen LogP contribution in [-0.2, 0) is 18.3 Å². The van der Waals surface area contributed by atoms with Crippen molar-refractivity contribution in [3.63, 3.8) is 0 Å². The molecule has 0 spiro atoms. The van der Waals surface area contributed by atoms with Crippen LogP contribution < -0.4 is 5.32 Å². The van der Waals surface area contributed by atoms with Gasteiger partial charge in [0.05, 0.1) is 11.6 Å². The number of hydrogen-bond donors (Lipinski definition) is 1. The molecule has 0 bridgehead atoms. The van der Waals surface area contributed by atoms with Crippen molar-refractivity contribution in [3.8, 4) is 6.07 Å². The highest BCUT2D eigenvalue weighted by molar-refractivity contribution is 5.48. The van der Waals surface area contributed by atoms with Crippen molar-refractivity contribution in [1.82, 2.24) is 5.32 Å². The number of nitrogens with zero attached hydrogens (tertiary/aromatic N) is 1. The Bertz CT molecular complexity index is 846. The Hall–Kier alpha value is -2.18. The highest BCUT2D eigenvalue weighted by Gasteiger charge is 2.38. The first-order valence-corrected chi connectivity index (χ1v) is 9.12. The molecule has 2 aromatic rings. The third-order valence-corrected chi connectivity index (χ3v) is 5.98. The molecule has 25 heavy (non-hydrogen) atoms. The van der Waals surface area contributed by atoms with Crippen molar-refractivity contribution in [2.75, 3.05) is 13.1 Å². The van der Waals surface area contributed by atoms with Crippen LogP contribution in [0.3, 0.4) is 0 Å². The molecule has 0 unspecified atom stereocenters. The lowest BCUT2D eigenvalue weighted by Gasteiger charge is -2.27. The number of fused-ring (bicyclic) bond motifs is 1. The maximum Gasteiger partial charge on any atom is 0.128 e. The zero-order valence-corrected chi connectivity index (χ0v) is 14.6. The second kappa shape index (κ2) is 6.28. The molecule has 1 heterocycles. The summed E-state index contributed by atoms with van der Waals surface area (Å²) in [7, 11) is 0. The molecule has 2 nitrogen and oxygen atoms in total. The topological polar surface area (TPSA) is 35.8 Å². The van der Waals surface area contributed by atoms with Gasteiger partial charge in [-0.2, -0.15) is 5.26 Å². The van der Waals surface area contributed by atoms with Crippen molar-refractivity contribution >= 4 is 0 Å². The van der Waals surface area contributed by atoms with Crippen LogP contribution in [0, 0.1) is 17.1 Å². The van der Waals surface area contributed by atoms with E-state index in [1.165, 1.54) is 35.6 Å². The second-order valence-corrected chi connectivity index (χ2v) is 7.73. The van der Waals surface area contributed by atoms with Gasteiger partial charge in [0, 0.05) is 5.41 Å². The number of nitriles is 1. The van der Waals surface area contributed by atoms with E-state index in [0.29, 0.717) is 11.5 Å². The van der Waals surface area contributed by atoms with Gasteiger partial charge < -0.3 is 5.32 Å². The largest absolute Gasteiger partial charge is 0.317 e. The normalized spacial score (nSPS) is 23.2. The van der Waals surface area contributed by atoms with Crippen molar-refractivity contribution in [3.05, 3.63) is 70.0 Å². The van der Waals surface area contributed by atoms with Crippen LogP contribution >= 0.6 is 0 Å². The molecule has 2 aromatic carbocycles. The van der Waals surface area contributed by atoms with E-state index >= 15 is 0 Å². The van der Waals surface area contributed by atoms with Crippen LogP contribution in [0.4, 0.5) is 4.39 Å². The van der Waals surface area contributed by atoms with Gasteiger partial charge in [-0.25, -0.2) is 4.39 Å². The second-order valence-electron chi connectivity index (χ2n) is 7.73. The van der Waals surface area contributed by atoms with Gasteiger partial charge in [-0.1, -0.05) is 31.2 Å². The van der Waals surface area contributed by atoms with Crippen LogP contribution in [0.1, 0.15) is 53.5 Å². The minimum absolute atomic E-state index is 0.233. The van der Waals surface area contributed by atoms with Gasteiger partial charge in [0.25, 0.3) is 0 Å². The molecule has 1 N–H and O–H groups in total. The summed E-state index contributed by atoms with van der Waals surface area (Å²) < 4.78 is 14.7. The first kappa shape index (κ1) is 16.3. The van der Waals surface area contributed by atoms with Gasteiger partial charge in [-0.3, -0.25) is 0 Å². The fourth-order valence-corrected chi connectivity index (χ4v) is 4.69. The summed E-state index contributed by atoms with van der Waals surface area (Å²) in [5, 5.41) is 12.4. The van der Waals surface area contributed by atoms with Gasteiger partial charge >= 0.3 is 0 Å². The predicted molar refractivity (Wildman–Crippen MR) is 97.2 cm³/mol. The third-order valence-electron chi connectivity index (χ3n) is 5.98. The van der Waals surface area contributed by atoms with E-state index in [-0.39, 0.29) is 11.2 Å². The summed E-state index contributed by atoms with van der Waals surface area (Å²) in [4.78, 5) is 0. The summed E-state index contributed by atoms with van der Waals surface area (Å²) in [5.41, 5.74) is 5.15. The molecule has 1 fully saturated rings. The molecular formula is C22H23FN2. The fraction of sp³-hybridized carbons (Fsp3) is 0.409. The van der Waals surface area contributed by atoms with Crippen molar-refractivity contribution in [2.45, 2.75) is 43.9 Å². The standard InChI is InChI=1S/C22H23FN2/c1-22(20-6-5-15(14-24)11-21(20)23)12-17-3-2-4-18(19(17)13-22)16-7-9-25-10-8-16/h2-6,11,16,25H,7-10,12-13H2,1H3/t22-/m0/s1. The van der Waals surface area contributed by atoms with Gasteiger partial charge in [0.15, 0.2) is 0 Å². The maximum absolute atomic E-state index is 14.7. The molecule has 0 radical (unpaired) electrons. The Balaban J connectivity index is 1.70. The quantitative estimate of drug-likeness (QED) is 0.892. The molecule has 3 heteroatoms. The van der Waals surface area contributed by atoms with Crippen LogP contribution in [-0.4, -0.2) is 13.1 Å². The van der Waals surface area contributed by atoms with E-state index in [9.17, 15) is 4.39 Å². The molecule has 1 aliphatic carbocycles. The molecule has 0 saturated carbocycles. The summed E-state index contributed by atoms with van der Waals surface area (Å²) in [6.45, 7) is 4.31. The van der Waals surface area contributed by atoms with Crippen LogP contribution in [0.5, 0.6) is 0 Å². The number of hydrogen-bond acceptors (Lipinski definition) is 2. The SMILES string of the molecule is C[C@]1(c2ccc(C#N)cc2F)Cc2cccc(C3CCNCC3)c2C1. The van der Waals surface area contributed by atoms with E-state index in [4.69, 9.17) is 5.26 Å². The Morgan fingerprint density at radius 2 is 1.96 bits per heavy atom. The molecule has 1 saturated heterocycles. The smallest absolute Gasteiger partial charge is 0.128 e. The highest BCUT2D eigenvalue weighted by atomic mass is 19.1. The van der Waals surface area contributed by atoms with Crippen molar-refractivity contribution in [2.24, 2.45) is 0 Å². The molecular weight excluding hydrogens is 311 g/mol. The molecule has 128 valence electrons. The molecule has 1 atom stereocenters. The van der Waals surface area contributed by atoms with Gasteiger partial charge in [-0.15, -0.1) is 0 Å². The summed E-state index contributed by atoms with van der Waals surface area (Å²) in [5.74, 6) is 0.363. The Morgan fingerprint density at radius 3 is 2.68 bits per heavy atom. The van der Waals surface area contributed by atoms with E-state index in [1.807, 2.05) is 12.1 Å². The number of halogens is 1. The summed E-state index contributed by atoms with van der Waals surface area (Å²) >= 11 is 0. The molecule has 4 rings (SSSR count). The zero-order chi connectivity index (χ0) is 17.4. The zero-order valence-electron chi connectivity index (χ0n) is 14.6. The van der Waals surface area contributed by atoms with Gasteiger partial charge in [-0.05, 0) is 79.1 Å². The lowest BCUT2D eigenvalue weighted by molar-refractivity contribution is 0.450. The number of nitrogens with one attached hydrogen (secondary N) is 1.